The number of benzene rings is 1. The highest BCUT2D eigenvalue weighted by molar-refractivity contribution is 5.85. The van der Waals surface area contributed by atoms with Crippen LogP contribution in [0.1, 0.15) is 0 Å². The number of fused-ring (bicyclic) bond motifs is 1. The number of nitrogens with zero attached hydrogens (tertiary/aromatic N) is 1. The molecular formula is C15H20N2O3. The van der Waals surface area contributed by atoms with Gasteiger partial charge >= 0.3 is 0 Å². The standard InChI is InChI=1S/C15H20N2O3/c18-12(10-17-6-8-19-9-7-17)11-20-15-3-1-2-14-13(15)4-5-16-14/h1-5,12,16,18H,6-11H2. The molecule has 108 valence electrons. The normalized spacial score (nSPS) is 18.2. The minimum absolute atomic E-state index is 0.307. The van der Waals surface area contributed by atoms with Gasteiger partial charge in [-0.2, -0.15) is 0 Å². The van der Waals surface area contributed by atoms with Gasteiger partial charge in [-0.25, -0.2) is 0 Å². The van der Waals surface area contributed by atoms with E-state index in [0.29, 0.717) is 13.2 Å². The Kier molecular flexibility index (Phi) is 4.20. The van der Waals surface area contributed by atoms with E-state index >= 15 is 0 Å². The van der Waals surface area contributed by atoms with Gasteiger partial charge in [-0.15, -0.1) is 0 Å². The molecule has 20 heavy (non-hydrogen) atoms. The molecule has 3 rings (SSSR count). The second-order valence-corrected chi connectivity index (χ2v) is 5.07. The van der Waals surface area contributed by atoms with Crippen molar-refractivity contribution in [3.8, 4) is 5.75 Å². The van der Waals surface area contributed by atoms with Crippen LogP contribution in [0, 0.1) is 0 Å². The zero-order valence-corrected chi connectivity index (χ0v) is 11.4. The zero-order chi connectivity index (χ0) is 13.8. The van der Waals surface area contributed by atoms with Crippen LogP contribution in [-0.2, 0) is 4.74 Å². The maximum absolute atomic E-state index is 10.1. The van der Waals surface area contributed by atoms with Crippen molar-refractivity contribution >= 4 is 10.9 Å². The monoisotopic (exact) mass is 276 g/mol. The van der Waals surface area contributed by atoms with Crippen LogP contribution >= 0.6 is 0 Å². The molecule has 0 amide bonds. The van der Waals surface area contributed by atoms with Crippen molar-refractivity contribution in [1.29, 1.82) is 0 Å². The lowest BCUT2D eigenvalue weighted by atomic mass is 10.2. The van der Waals surface area contributed by atoms with E-state index in [0.717, 1.165) is 43.0 Å². The van der Waals surface area contributed by atoms with Gasteiger partial charge < -0.3 is 19.6 Å². The smallest absolute Gasteiger partial charge is 0.128 e. The summed E-state index contributed by atoms with van der Waals surface area (Å²) in [7, 11) is 0. The van der Waals surface area contributed by atoms with Crippen LogP contribution in [0.2, 0.25) is 0 Å². The number of morpholine rings is 1. The third kappa shape index (κ3) is 3.12. The molecule has 2 N–H and O–H groups in total. The van der Waals surface area contributed by atoms with Crippen LogP contribution < -0.4 is 4.74 Å². The number of aliphatic hydroxyl groups is 1. The fourth-order valence-electron chi connectivity index (χ4n) is 2.50. The van der Waals surface area contributed by atoms with Gasteiger partial charge in [-0.1, -0.05) is 6.07 Å². The van der Waals surface area contributed by atoms with Gasteiger partial charge in [0.1, 0.15) is 18.5 Å². The number of rotatable bonds is 5. The average molecular weight is 276 g/mol. The van der Waals surface area contributed by atoms with Crippen molar-refractivity contribution in [1.82, 2.24) is 9.88 Å². The number of ether oxygens (including phenoxy) is 2. The summed E-state index contributed by atoms with van der Waals surface area (Å²) in [4.78, 5) is 5.35. The lowest BCUT2D eigenvalue weighted by molar-refractivity contribution is 0.00480. The molecule has 5 heteroatoms. The molecule has 0 radical (unpaired) electrons. The van der Waals surface area contributed by atoms with Crippen molar-refractivity contribution < 1.29 is 14.6 Å². The fourth-order valence-corrected chi connectivity index (χ4v) is 2.50. The zero-order valence-electron chi connectivity index (χ0n) is 11.4. The summed E-state index contributed by atoms with van der Waals surface area (Å²) in [5.41, 5.74) is 1.05. The summed E-state index contributed by atoms with van der Waals surface area (Å²) in [6, 6.07) is 7.87. The van der Waals surface area contributed by atoms with Gasteiger partial charge in [0.25, 0.3) is 0 Å². The first kappa shape index (κ1) is 13.4. The first-order valence-electron chi connectivity index (χ1n) is 7.00. The van der Waals surface area contributed by atoms with Crippen LogP contribution in [0.3, 0.4) is 0 Å². The van der Waals surface area contributed by atoms with Gasteiger partial charge in [0.2, 0.25) is 0 Å². The van der Waals surface area contributed by atoms with Gasteiger partial charge in [-0.05, 0) is 18.2 Å². The summed E-state index contributed by atoms with van der Waals surface area (Å²) < 4.78 is 11.0. The van der Waals surface area contributed by atoms with E-state index in [2.05, 4.69) is 9.88 Å². The van der Waals surface area contributed by atoms with E-state index in [9.17, 15) is 5.11 Å². The van der Waals surface area contributed by atoms with Crippen LogP contribution in [-0.4, -0.2) is 60.5 Å². The molecule has 1 saturated heterocycles. The van der Waals surface area contributed by atoms with E-state index in [1.165, 1.54) is 0 Å². The molecular weight excluding hydrogens is 256 g/mol. The largest absolute Gasteiger partial charge is 0.490 e. The van der Waals surface area contributed by atoms with Crippen molar-refractivity contribution in [2.24, 2.45) is 0 Å². The second-order valence-electron chi connectivity index (χ2n) is 5.07. The maximum atomic E-state index is 10.1. The minimum atomic E-state index is -0.484. The Morgan fingerprint density at radius 3 is 3.00 bits per heavy atom. The molecule has 0 spiro atoms. The second kappa shape index (κ2) is 6.26. The molecule has 0 bridgehead atoms. The van der Waals surface area contributed by atoms with Crippen LogP contribution in [0.5, 0.6) is 5.75 Å². The predicted octanol–water partition coefficient (Wildman–Crippen LogP) is 1.24. The number of H-pyrrole nitrogens is 1. The van der Waals surface area contributed by atoms with Gasteiger partial charge in [0, 0.05) is 36.7 Å². The number of hydrogen-bond donors (Lipinski definition) is 2. The number of aliphatic hydroxyl groups excluding tert-OH is 1. The number of aromatic amines is 1. The van der Waals surface area contributed by atoms with Crippen LogP contribution in [0.4, 0.5) is 0 Å². The number of aromatic nitrogens is 1. The van der Waals surface area contributed by atoms with Crippen LogP contribution in [0.25, 0.3) is 10.9 Å². The molecule has 1 fully saturated rings. The van der Waals surface area contributed by atoms with Crippen molar-refractivity contribution in [2.75, 3.05) is 39.5 Å². The summed E-state index contributed by atoms with van der Waals surface area (Å²) >= 11 is 0. The SMILES string of the molecule is OC(COc1cccc2[nH]ccc12)CN1CCOCC1. The predicted molar refractivity (Wildman–Crippen MR) is 77.1 cm³/mol. The number of hydrogen-bond acceptors (Lipinski definition) is 4. The Morgan fingerprint density at radius 1 is 1.30 bits per heavy atom. The highest BCUT2D eigenvalue weighted by Gasteiger charge is 2.15. The van der Waals surface area contributed by atoms with E-state index < -0.39 is 6.10 Å². The van der Waals surface area contributed by atoms with Gasteiger partial charge in [-0.3, -0.25) is 4.90 Å². The molecule has 1 atom stereocenters. The highest BCUT2D eigenvalue weighted by atomic mass is 16.5. The number of nitrogens with one attached hydrogen (secondary N) is 1. The molecule has 2 heterocycles. The molecule has 0 saturated carbocycles. The van der Waals surface area contributed by atoms with Gasteiger partial charge in [0.15, 0.2) is 0 Å². The summed E-state index contributed by atoms with van der Waals surface area (Å²) in [6.45, 7) is 4.19. The summed E-state index contributed by atoms with van der Waals surface area (Å²) in [5.74, 6) is 0.810. The first-order chi connectivity index (χ1) is 9.83. The first-order valence-corrected chi connectivity index (χ1v) is 7.00. The molecule has 1 unspecified atom stereocenters. The Hall–Kier alpha value is -1.56. The molecule has 1 aromatic carbocycles. The summed E-state index contributed by atoms with van der Waals surface area (Å²) in [6.07, 6.45) is 1.41. The van der Waals surface area contributed by atoms with E-state index in [4.69, 9.17) is 9.47 Å². The van der Waals surface area contributed by atoms with E-state index in [1.54, 1.807) is 0 Å². The lowest BCUT2D eigenvalue weighted by Gasteiger charge is -2.28. The van der Waals surface area contributed by atoms with Crippen molar-refractivity contribution in [3.05, 3.63) is 30.5 Å². The van der Waals surface area contributed by atoms with Gasteiger partial charge in [0.05, 0.1) is 13.2 Å². The third-order valence-corrected chi connectivity index (χ3v) is 3.56. The highest BCUT2D eigenvalue weighted by Crippen LogP contribution is 2.24. The summed E-state index contributed by atoms with van der Waals surface area (Å²) in [5, 5.41) is 11.1. The lowest BCUT2D eigenvalue weighted by Crippen LogP contribution is -2.42. The third-order valence-electron chi connectivity index (χ3n) is 3.56. The Bertz CT molecular complexity index is 549. The molecule has 0 aliphatic carbocycles. The molecule has 5 nitrogen and oxygen atoms in total. The Balaban J connectivity index is 1.54. The van der Waals surface area contributed by atoms with Crippen molar-refractivity contribution in [2.45, 2.75) is 6.10 Å². The average Bonchev–Trinajstić information content (AvgIpc) is 2.95. The van der Waals surface area contributed by atoms with E-state index in [1.807, 2.05) is 30.5 Å². The topological polar surface area (TPSA) is 57.7 Å². The molecule has 1 aliphatic heterocycles. The number of β-amino-alcohol motifs (C(OH)–C–C–N with tert-alkyl or cyclic N) is 1. The van der Waals surface area contributed by atoms with Crippen LogP contribution in [0.15, 0.2) is 30.5 Å². The quantitative estimate of drug-likeness (QED) is 0.862. The van der Waals surface area contributed by atoms with Crippen molar-refractivity contribution in [3.63, 3.8) is 0 Å². The Labute approximate surface area is 118 Å². The van der Waals surface area contributed by atoms with E-state index in [-0.39, 0.29) is 0 Å². The molecule has 2 aromatic rings. The molecule has 1 aromatic heterocycles. The fraction of sp³-hybridized carbons (Fsp3) is 0.467. The Morgan fingerprint density at radius 2 is 2.15 bits per heavy atom. The minimum Gasteiger partial charge on any atom is -0.490 e. The molecule has 1 aliphatic rings. The maximum Gasteiger partial charge on any atom is 0.128 e.